The van der Waals surface area contributed by atoms with Gasteiger partial charge in [0.05, 0.1) is 51.3 Å². The van der Waals surface area contributed by atoms with Gasteiger partial charge in [-0.3, -0.25) is 13.8 Å². The molecule has 0 radical (unpaired) electrons. The Kier molecular flexibility index (Phi) is 14.5. The molecule has 0 aliphatic rings. The van der Waals surface area contributed by atoms with Crippen LogP contribution in [0, 0.1) is 11.8 Å². The van der Waals surface area contributed by atoms with Crippen molar-refractivity contribution in [2.75, 3.05) is 41.4 Å². The second-order valence-electron chi connectivity index (χ2n) is 8.80. The molecular formula is C25H43NO9S. The van der Waals surface area contributed by atoms with Crippen molar-refractivity contribution < 1.29 is 41.2 Å². The third-order valence-corrected chi connectivity index (χ3v) is 6.76. The van der Waals surface area contributed by atoms with Gasteiger partial charge < -0.3 is 18.9 Å². The molecule has 1 amide bonds. The number of carbonyl (C=O) groups is 1. The molecule has 5 atom stereocenters. The third-order valence-electron chi connectivity index (χ3n) is 6.16. The Labute approximate surface area is 216 Å². The number of carbonyl (C=O) groups excluding carboxylic acids is 1. The van der Waals surface area contributed by atoms with Gasteiger partial charge in [0, 0.05) is 20.1 Å². The zero-order valence-electron chi connectivity index (χ0n) is 22.8. The first-order valence-electron chi connectivity index (χ1n) is 12.0. The highest BCUT2D eigenvalue weighted by Crippen LogP contribution is 2.27. The highest BCUT2D eigenvalue weighted by Gasteiger charge is 2.33. The van der Waals surface area contributed by atoms with Crippen LogP contribution in [0.2, 0.25) is 0 Å². The maximum Gasteiger partial charge on any atom is 0.264 e. The topological polar surface area (TPSA) is 110 Å². The van der Waals surface area contributed by atoms with E-state index in [1.54, 1.807) is 14.0 Å². The van der Waals surface area contributed by atoms with E-state index in [1.807, 2.05) is 38.1 Å². The monoisotopic (exact) mass is 533 g/mol. The maximum atomic E-state index is 12.6. The molecule has 0 saturated heterocycles. The van der Waals surface area contributed by atoms with E-state index in [0.29, 0.717) is 13.0 Å². The van der Waals surface area contributed by atoms with E-state index < -0.39 is 22.1 Å². The van der Waals surface area contributed by atoms with Crippen LogP contribution < -0.4 is 4.74 Å². The fourth-order valence-electron chi connectivity index (χ4n) is 3.93. The van der Waals surface area contributed by atoms with Crippen molar-refractivity contribution in [1.29, 1.82) is 0 Å². The predicted molar refractivity (Wildman–Crippen MR) is 136 cm³/mol. The van der Waals surface area contributed by atoms with E-state index >= 15 is 0 Å². The fraction of sp³-hybridized carbons (Fsp3) is 0.720. The van der Waals surface area contributed by atoms with Crippen molar-refractivity contribution >= 4 is 16.0 Å². The summed E-state index contributed by atoms with van der Waals surface area (Å²) in [5, 5.41) is 1.06. The van der Waals surface area contributed by atoms with Crippen LogP contribution in [0.15, 0.2) is 24.3 Å². The SMILES string of the molecule is CC[C@H](OCc1ccc(OC)cc1)[C@H](C)[C@H](CC[C@H](OS(C)(=O)=O)[C@H](C)C(=O)N(C)OC)OCOC. The van der Waals surface area contributed by atoms with E-state index in [-0.39, 0.29) is 37.2 Å². The lowest BCUT2D eigenvalue weighted by Gasteiger charge is -2.32. The molecule has 0 saturated carbocycles. The average molecular weight is 534 g/mol. The molecule has 0 heterocycles. The number of rotatable bonds is 18. The number of ether oxygens (including phenoxy) is 4. The van der Waals surface area contributed by atoms with Crippen molar-refractivity contribution in [2.24, 2.45) is 11.8 Å². The Morgan fingerprint density at radius 2 is 1.58 bits per heavy atom. The van der Waals surface area contributed by atoms with Crippen LogP contribution in [-0.2, 0) is 44.8 Å². The second-order valence-corrected chi connectivity index (χ2v) is 10.4. The average Bonchev–Trinajstić information content (AvgIpc) is 2.86. The van der Waals surface area contributed by atoms with Gasteiger partial charge >= 0.3 is 0 Å². The first kappa shape index (κ1) is 32.3. The summed E-state index contributed by atoms with van der Waals surface area (Å²) < 4.78 is 51.7. The molecule has 0 fully saturated rings. The lowest BCUT2D eigenvalue weighted by molar-refractivity contribution is -0.176. The normalized spacial score (nSPS) is 16.1. The van der Waals surface area contributed by atoms with Gasteiger partial charge in [-0.05, 0) is 37.0 Å². The molecule has 1 aromatic carbocycles. The highest BCUT2D eigenvalue weighted by atomic mass is 32.2. The van der Waals surface area contributed by atoms with Gasteiger partial charge in [-0.1, -0.05) is 32.9 Å². The highest BCUT2D eigenvalue weighted by molar-refractivity contribution is 7.86. The minimum absolute atomic E-state index is 0.0464. The largest absolute Gasteiger partial charge is 0.497 e. The first-order chi connectivity index (χ1) is 17.0. The molecule has 0 N–H and O–H groups in total. The first-order valence-corrected chi connectivity index (χ1v) is 13.8. The molecule has 1 aromatic rings. The van der Waals surface area contributed by atoms with Gasteiger partial charge in [0.25, 0.3) is 16.0 Å². The van der Waals surface area contributed by atoms with Gasteiger partial charge in [0.15, 0.2) is 0 Å². The molecule has 11 heteroatoms. The van der Waals surface area contributed by atoms with Gasteiger partial charge in [0.1, 0.15) is 12.5 Å². The molecule has 0 bridgehead atoms. The molecule has 36 heavy (non-hydrogen) atoms. The quantitative estimate of drug-likeness (QED) is 0.159. The third kappa shape index (κ3) is 11.1. The minimum Gasteiger partial charge on any atom is -0.497 e. The van der Waals surface area contributed by atoms with Gasteiger partial charge in [0.2, 0.25) is 0 Å². The maximum absolute atomic E-state index is 12.6. The van der Waals surface area contributed by atoms with Crippen LogP contribution in [0.3, 0.4) is 0 Å². The van der Waals surface area contributed by atoms with Crippen LogP contribution >= 0.6 is 0 Å². The van der Waals surface area contributed by atoms with Gasteiger partial charge in [-0.2, -0.15) is 8.42 Å². The summed E-state index contributed by atoms with van der Waals surface area (Å²) in [5.41, 5.74) is 1.02. The van der Waals surface area contributed by atoms with Crippen molar-refractivity contribution in [3.8, 4) is 5.75 Å². The summed E-state index contributed by atoms with van der Waals surface area (Å²) in [4.78, 5) is 17.6. The van der Waals surface area contributed by atoms with Crippen LogP contribution in [0.5, 0.6) is 5.75 Å². The van der Waals surface area contributed by atoms with E-state index in [1.165, 1.54) is 21.3 Å². The Morgan fingerprint density at radius 1 is 0.972 bits per heavy atom. The van der Waals surface area contributed by atoms with Crippen molar-refractivity contribution in [3.05, 3.63) is 29.8 Å². The number of hydrogen-bond acceptors (Lipinski definition) is 9. The zero-order chi connectivity index (χ0) is 27.3. The molecular weight excluding hydrogens is 490 g/mol. The van der Waals surface area contributed by atoms with Crippen molar-refractivity contribution in [3.63, 3.8) is 0 Å². The smallest absolute Gasteiger partial charge is 0.264 e. The number of nitrogens with zero attached hydrogens (tertiary/aromatic N) is 1. The molecule has 208 valence electrons. The lowest BCUT2D eigenvalue weighted by Crippen LogP contribution is -2.40. The Morgan fingerprint density at radius 3 is 2.08 bits per heavy atom. The molecule has 10 nitrogen and oxygen atoms in total. The number of methoxy groups -OCH3 is 2. The number of hydroxylamine groups is 2. The minimum atomic E-state index is -3.80. The molecule has 1 rings (SSSR count). The van der Waals surface area contributed by atoms with Gasteiger partial charge in [-0.25, -0.2) is 5.06 Å². The number of amides is 1. The molecule has 0 unspecified atom stereocenters. The number of benzene rings is 1. The molecule has 0 aromatic heterocycles. The lowest BCUT2D eigenvalue weighted by atomic mass is 9.90. The van der Waals surface area contributed by atoms with E-state index in [0.717, 1.165) is 29.1 Å². The van der Waals surface area contributed by atoms with Crippen LogP contribution in [0.4, 0.5) is 0 Å². The summed E-state index contributed by atoms with van der Waals surface area (Å²) in [7, 11) is 2.20. The Hall–Kier alpha value is -1.76. The number of hydrogen-bond donors (Lipinski definition) is 0. The van der Waals surface area contributed by atoms with Crippen LogP contribution in [0.25, 0.3) is 0 Å². The summed E-state index contributed by atoms with van der Waals surface area (Å²) >= 11 is 0. The fourth-order valence-corrected chi connectivity index (χ4v) is 4.64. The summed E-state index contributed by atoms with van der Waals surface area (Å²) in [6.07, 6.45) is 1.10. The second kappa shape index (κ2) is 16.2. The summed E-state index contributed by atoms with van der Waals surface area (Å²) in [6.45, 7) is 6.19. The molecule has 0 aliphatic carbocycles. The van der Waals surface area contributed by atoms with E-state index in [2.05, 4.69) is 0 Å². The molecule has 0 spiro atoms. The van der Waals surface area contributed by atoms with Crippen LogP contribution in [-0.4, -0.2) is 79.1 Å². The van der Waals surface area contributed by atoms with Crippen molar-refractivity contribution in [2.45, 2.75) is 65.0 Å². The Balaban J connectivity index is 2.95. The van der Waals surface area contributed by atoms with E-state index in [4.69, 9.17) is 28.0 Å². The molecule has 0 aliphatic heterocycles. The zero-order valence-corrected chi connectivity index (χ0v) is 23.6. The summed E-state index contributed by atoms with van der Waals surface area (Å²) in [5.74, 6) is -0.406. The van der Waals surface area contributed by atoms with Gasteiger partial charge in [-0.15, -0.1) is 0 Å². The summed E-state index contributed by atoms with van der Waals surface area (Å²) in [6, 6.07) is 7.69. The predicted octanol–water partition coefficient (Wildman–Crippen LogP) is 3.40. The van der Waals surface area contributed by atoms with Crippen LogP contribution in [0.1, 0.15) is 45.6 Å². The van der Waals surface area contributed by atoms with Crippen molar-refractivity contribution in [1.82, 2.24) is 5.06 Å². The Bertz CT molecular complexity index is 863. The standard InChI is InChI=1S/C25H43NO9S/c1-9-22(33-16-20-10-12-21(31-6)13-11-20)18(2)23(34-17-30-5)14-15-24(35-36(8,28)29)19(3)25(27)26(4)32-7/h10-13,18-19,22-24H,9,14-17H2,1-8H3/t18-,19-,22-,23-,24-/m0/s1. The van der Waals surface area contributed by atoms with E-state index in [9.17, 15) is 13.2 Å².